The lowest BCUT2D eigenvalue weighted by atomic mass is 10.3. The lowest BCUT2D eigenvalue weighted by Gasteiger charge is -2.11. The van der Waals surface area contributed by atoms with E-state index in [2.05, 4.69) is 22.2 Å². The Morgan fingerprint density at radius 3 is 3.27 bits per heavy atom. The van der Waals surface area contributed by atoms with Crippen LogP contribution in [0, 0.1) is 0 Å². The predicted molar refractivity (Wildman–Crippen MR) is 65.8 cm³/mol. The second kappa shape index (κ2) is 4.77. The molecule has 2 heterocycles. The number of halogens is 1. The molecule has 0 fully saturated rings. The van der Waals surface area contributed by atoms with Crippen LogP contribution in [0.3, 0.4) is 0 Å². The van der Waals surface area contributed by atoms with Gasteiger partial charge in [0.25, 0.3) is 0 Å². The van der Waals surface area contributed by atoms with Crippen molar-refractivity contribution in [1.82, 2.24) is 9.97 Å². The van der Waals surface area contributed by atoms with E-state index in [1.807, 2.05) is 17.6 Å². The van der Waals surface area contributed by atoms with E-state index in [0.717, 1.165) is 16.6 Å². The van der Waals surface area contributed by atoms with Crippen LogP contribution in [0.2, 0.25) is 0 Å². The van der Waals surface area contributed by atoms with Crippen LogP contribution in [-0.4, -0.2) is 21.9 Å². The SMILES string of the molecule is CC(CCCl)Nc1ncc2sccc2n1. The molecule has 2 aromatic heterocycles. The molecule has 5 heteroatoms. The molecule has 0 bridgehead atoms. The summed E-state index contributed by atoms with van der Waals surface area (Å²) in [5, 5.41) is 5.24. The first-order valence-corrected chi connectivity index (χ1v) is 6.24. The Bertz CT molecular complexity index is 443. The summed E-state index contributed by atoms with van der Waals surface area (Å²) in [4.78, 5) is 8.65. The van der Waals surface area contributed by atoms with Crippen LogP contribution in [0.5, 0.6) is 0 Å². The molecular weight excluding hydrogens is 230 g/mol. The molecule has 0 spiro atoms. The molecule has 2 rings (SSSR count). The minimum atomic E-state index is 0.304. The Hall–Kier alpha value is -0.870. The molecule has 0 saturated heterocycles. The van der Waals surface area contributed by atoms with Gasteiger partial charge in [-0.2, -0.15) is 0 Å². The first kappa shape index (κ1) is 10.6. The van der Waals surface area contributed by atoms with Crippen molar-refractivity contribution in [3.63, 3.8) is 0 Å². The molecule has 3 nitrogen and oxygen atoms in total. The lowest BCUT2D eigenvalue weighted by Crippen LogP contribution is -2.17. The smallest absolute Gasteiger partial charge is 0.223 e. The van der Waals surface area contributed by atoms with Gasteiger partial charge in [-0.15, -0.1) is 22.9 Å². The summed E-state index contributed by atoms with van der Waals surface area (Å²) in [7, 11) is 0. The molecule has 80 valence electrons. The number of nitrogens with one attached hydrogen (secondary N) is 1. The van der Waals surface area contributed by atoms with E-state index in [1.54, 1.807) is 11.3 Å². The summed E-state index contributed by atoms with van der Waals surface area (Å²) in [5.74, 6) is 1.33. The molecular formula is C10H12ClN3S. The van der Waals surface area contributed by atoms with Crippen molar-refractivity contribution in [2.24, 2.45) is 0 Å². The van der Waals surface area contributed by atoms with Gasteiger partial charge >= 0.3 is 0 Å². The van der Waals surface area contributed by atoms with Gasteiger partial charge in [0.05, 0.1) is 16.4 Å². The minimum absolute atomic E-state index is 0.304. The van der Waals surface area contributed by atoms with Gasteiger partial charge in [-0.25, -0.2) is 9.97 Å². The summed E-state index contributed by atoms with van der Waals surface area (Å²) in [6.45, 7) is 2.07. The van der Waals surface area contributed by atoms with Crippen LogP contribution in [0.4, 0.5) is 5.95 Å². The van der Waals surface area contributed by atoms with Crippen LogP contribution in [0.1, 0.15) is 13.3 Å². The Morgan fingerprint density at radius 1 is 1.60 bits per heavy atom. The standard InChI is InChI=1S/C10H12ClN3S/c1-7(2-4-11)13-10-12-6-9-8(14-10)3-5-15-9/h3,5-7H,2,4H2,1H3,(H,12,13,14). The van der Waals surface area contributed by atoms with E-state index in [0.29, 0.717) is 17.9 Å². The van der Waals surface area contributed by atoms with Gasteiger partial charge in [-0.3, -0.25) is 0 Å². The van der Waals surface area contributed by atoms with Crippen LogP contribution >= 0.6 is 22.9 Å². The fraction of sp³-hybridized carbons (Fsp3) is 0.400. The van der Waals surface area contributed by atoms with Gasteiger partial charge in [0, 0.05) is 11.9 Å². The molecule has 1 unspecified atom stereocenters. The molecule has 15 heavy (non-hydrogen) atoms. The van der Waals surface area contributed by atoms with E-state index >= 15 is 0 Å². The monoisotopic (exact) mass is 241 g/mol. The van der Waals surface area contributed by atoms with E-state index in [4.69, 9.17) is 11.6 Å². The minimum Gasteiger partial charge on any atom is -0.352 e. The third-order valence-electron chi connectivity index (χ3n) is 2.12. The molecule has 0 aliphatic heterocycles. The lowest BCUT2D eigenvalue weighted by molar-refractivity contribution is 0.758. The van der Waals surface area contributed by atoms with E-state index in [-0.39, 0.29) is 0 Å². The van der Waals surface area contributed by atoms with Gasteiger partial charge in [-0.1, -0.05) is 0 Å². The van der Waals surface area contributed by atoms with Gasteiger partial charge in [0.1, 0.15) is 0 Å². The topological polar surface area (TPSA) is 37.8 Å². The summed E-state index contributed by atoms with van der Waals surface area (Å²) in [6, 6.07) is 2.30. The fourth-order valence-electron chi connectivity index (χ4n) is 1.29. The number of fused-ring (bicyclic) bond motifs is 1. The third kappa shape index (κ3) is 2.58. The maximum atomic E-state index is 5.66. The zero-order valence-electron chi connectivity index (χ0n) is 8.40. The second-order valence-corrected chi connectivity index (χ2v) is 4.71. The number of thiophene rings is 1. The zero-order chi connectivity index (χ0) is 10.7. The normalized spacial score (nSPS) is 12.9. The van der Waals surface area contributed by atoms with Crippen molar-refractivity contribution in [2.75, 3.05) is 11.2 Å². The van der Waals surface area contributed by atoms with Crippen molar-refractivity contribution in [3.05, 3.63) is 17.6 Å². The first-order chi connectivity index (χ1) is 7.29. The molecule has 1 atom stereocenters. The van der Waals surface area contributed by atoms with Crippen molar-refractivity contribution < 1.29 is 0 Å². The van der Waals surface area contributed by atoms with Crippen LogP contribution in [0.15, 0.2) is 17.6 Å². The average molecular weight is 242 g/mol. The fourth-order valence-corrected chi connectivity index (χ4v) is 2.31. The Labute approximate surface area is 97.5 Å². The maximum Gasteiger partial charge on any atom is 0.223 e. The number of hydrogen-bond acceptors (Lipinski definition) is 4. The summed E-state index contributed by atoms with van der Waals surface area (Å²) in [5.41, 5.74) is 0.996. The number of rotatable bonds is 4. The summed E-state index contributed by atoms with van der Waals surface area (Å²) < 4.78 is 1.12. The molecule has 0 amide bonds. The molecule has 1 N–H and O–H groups in total. The molecule has 0 radical (unpaired) electrons. The summed E-state index contributed by atoms with van der Waals surface area (Å²) in [6.07, 6.45) is 2.76. The Morgan fingerprint density at radius 2 is 2.47 bits per heavy atom. The first-order valence-electron chi connectivity index (χ1n) is 4.82. The average Bonchev–Trinajstić information content (AvgIpc) is 2.65. The Balaban J connectivity index is 2.14. The highest BCUT2D eigenvalue weighted by molar-refractivity contribution is 7.17. The number of anilines is 1. The second-order valence-electron chi connectivity index (χ2n) is 3.39. The van der Waals surface area contributed by atoms with Gasteiger partial charge in [0.2, 0.25) is 5.95 Å². The maximum absolute atomic E-state index is 5.66. The summed E-state index contributed by atoms with van der Waals surface area (Å²) >= 11 is 7.31. The molecule has 0 aromatic carbocycles. The molecule has 2 aromatic rings. The zero-order valence-corrected chi connectivity index (χ0v) is 9.98. The third-order valence-corrected chi connectivity index (χ3v) is 3.18. The van der Waals surface area contributed by atoms with E-state index in [1.165, 1.54) is 0 Å². The van der Waals surface area contributed by atoms with Crippen LogP contribution in [-0.2, 0) is 0 Å². The molecule has 0 aliphatic rings. The van der Waals surface area contributed by atoms with E-state index in [9.17, 15) is 0 Å². The Kier molecular flexibility index (Phi) is 3.38. The van der Waals surface area contributed by atoms with Crippen molar-refractivity contribution in [2.45, 2.75) is 19.4 Å². The number of alkyl halides is 1. The number of aromatic nitrogens is 2. The van der Waals surface area contributed by atoms with Crippen molar-refractivity contribution in [1.29, 1.82) is 0 Å². The number of hydrogen-bond donors (Lipinski definition) is 1. The molecule has 0 aliphatic carbocycles. The van der Waals surface area contributed by atoms with E-state index < -0.39 is 0 Å². The van der Waals surface area contributed by atoms with Gasteiger partial charge in [0.15, 0.2) is 0 Å². The largest absolute Gasteiger partial charge is 0.352 e. The van der Waals surface area contributed by atoms with Crippen LogP contribution in [0.25, 0.3) is 10.2 Å². The molecule has 0 saturated carbocycles. The predicted octanol–water partition coefficient (Wildman–Crippen LogP) is 3.12. The van der Waals surface area contributed by atoms with Crippen molar-refractivity contribution in [3.8, 4) is 0 Å². The van der Waals surface area contributed by atoms with Gasteiger partial charge < -0.3 is 5.32 Å². The highest BCUT2D eigenvalue weighted by Gasteiger charge is 2.04. The van der Waals surface area contributed by atoms with Gasteiger partial charge in [-0.05, 0) is 24.8 Å². The quantitative estimate of drug-likeness (QED) is 0.836. The van der Waals surface area contributed by atoms with Crippen molar-refractivity contribution >= 4 is 39.1 Å². The highest BCUT2D eigenvalue weighted by Crippen LogP contribution is 2.18. The van der Waals surface area contributed by atoms with Crippen LogP contribution < -0.4 is 5.32 Å². The highest BCUT2D eigenvalue weighted by atomic mass is 35.5. The number of nitrogens with zero attached hydrogens (tertiary/aromatic N) is 2.